The number of pyridine rings is 1. The van der Waals surface area contributed by atoms with Crippen molar-refractivity contribution < 1.29 is 19.0 Å². The number of carbonyl (C=O) groups excluding carboxylic acids is 1. The molecule has 12 heteroatoms. The largest absolute Gasteiger partial charge is 0.377 e. The minimum atomic E-state index is -0.351. The van der Waals surface area contributed by atoms with E-state index in [0.29, 0.717) is 50.9 Å². The molecule has 2 bridgehead atoms. The quantitative estimate of drug-likeness (QED) is 0.316. The lowest BCUT2D eigenvalue weighted by molar-refractivity contribution is -0.111. The molecular formula is C25H30IN7O4. The standard InChI is InChI=1S/C25H30IN7O4/c26-24-23-19(30-8-10-35-15-18(30)12-34)11-21(32-16-4-5-17(32)14-36-13-16)27-25(23)33(29-24)20-6-7-31(28-20)22-3-1-2-9-37-22/h6-7,11-12,16-18,22H,1-5,8-10,13-15H2/t16?,17?,18-,22?/m1/s1. The molecule has 0 radical (unpaired) electrons. The van der Waals surface area contributed by atoms with Crippen LogP contribution in [0.15, 0.2) is 18.3 Å². The van der Waals surface area contributed by atoms with E-state index >= 15 is 0 Å². The maximum absolute atomic E-state index is 12.0. The number of halogens is 1. The summed E-state index contributed by atoms with van der Waals surface area (Å²) >= 11 is 2.27. The molecule has 4 saturated heterocycles. The van der Waals surface area contributed by atoms with Crippen LogP contribution in [0, 0.1) is 3.70 Å². The van der Waals surface area contributed by atoms with Crippen molar-refractivity contribution in [2.75, 3.05) is 49.4 Å². The van der Waals surface area contributed by atoms with Crippen molar-refractivity contribution in [1.82, 2.24) is 24.5 Å². The Labute approximate surface area is 228 Å². The number of aromatic nitrogens is 5. The third-order valence-electron chi connectivity index (χ3n) is 7.96. The Bertz CT molecular complexity index is 1290. The number of anilines is 2. The number of hydrogen-bond acceptors (Lipinski definition) is 9. The average molecular weight is 619 g/mol. The molecule has 4 aliphatic heterocycles. The Morgan fingerprint density at radius 2 is 1.86 bits per heavy atom. The van der Waals surface area contributed by atoms with Gasteiger partial charge in [0.15, 0.2) is 11.5 Å². The number of carbonyl (C=O) groups is 1. The van der Waals surface area contributed by atoms with Gasteiger partial charge in [-0.2, -0.15) is 14.9 Å². The molecule has 4 fully saturated rings. The molecule has 0 spiro atoms. The van der Waals surface area contributed by atoms with Gasteiger partial charge in [0, 0.05) is 31.5 Å². The van der Waals surface area contributed by atoms with Gasteiger partial charge in [-0.05, 0) is 54.7 Å². The van der Waals surface area contributed by atoms with Gasteiger partial charge in [-0.1, -0.05) is 0 Å². The number of morpholine rings is 2. The molecule has 4 aliphatic rings. The zero-order chi connectivity index (χ0) is 24.9. The molecule has 7 rings (SSSR count). The first-order chi connectivity index (χ1) is 18.2. The Hall–Kier alpha value is -2.29. The topological polar surface area (TPSA) is 99.8 Å². The van der Waals surface area contributed by atoms with Crippen LogP contribution in [0.4, 0.5) is 11.5 Å². The van der Waals surface area contributed by atoms with Crippen LogP contribution < -0.4 is 9.80 Å². The van der Waals surface area contributed by atoms with E-state index in [-0.39, 0.29) is 12.3 Å². The van der Waals surface area contributed by atoms with Gasteiger partial charge >= 0.3 is 0 Å². The number of ether oxygens (including phenoxy) is 3. The minimum Gasteiger partial charge on any atom is -0.377 e. The van der Waals surface area contributed by atoms with Crippen LogP contribution in [-0.2, 0) is 19.0 Å². The molecule has 4 atom stereocenters. The molecular weight excluding hydrogens is 589 g/mol. The third-order valence-corrected chi connectivity index (χ3v) is 8.71. The number of fused-ring (bicyclic) bond motifs is 3. The molecule has 37 heavy (non-hydrogen) atoms. The molecule has 3 aromatic heterocycles. The Morgan fingerprint density at radius 1 is 1.00 bits per heavy atom. The lowest BCUT2D eigenvalue weighted by Crippen LogP contribution is -2.48. The van der Waals surface area contributed by atoms with Crippen LogP contribution in [0.25, 0.3) is 16.9 Å². The molecule has 196 valence electrons. The molecule has 0 amide bonds. The zero-order valence-electron chi connectivity index (χ0n) is 20.5. The first kappa shape index (κ1) is 23.8. The van der Waals surface area contributed by atoms with E-state index < -0.39 is 0 Å². The molecule has 0 N–H and O–H groups in total. The highest BCUT2D eigenvalue weighted by Crippen LogP contribution is 2.40. The minimum absolute atomic E-state index is 0.0480. The molecule has 0 aromatic carbocycles. The van der Waals surface area contributed by atoms with E-state index in [1.165, 1.54) is 0 Å². The smallest absolute Gasteiger partial charge is 0.177 e. The van der Waals surface area contributed by atoms with Gasteiger partial charge in [0.05, 0.1) is 49.6 Å². The van der Waals surface area contributed by atoms with Gasteiger partial charge in [-0.25, -0.2) is 9.67 Å². The van der Waals surface area contributed by atoms with Gasteiger partial charge in [-0.15, -0.1) is 0 Å². The highest BCUT2D eigenvalue weighted by molar-refractivity contribution is 14.1. The Kier molecular flexibility index (Phi) is 6.29. The zero-order valence-corrected chi connectivity index (χ0v) is 22.7. The van der Waals surface area contributed by atoms with Gasteiger partial charge < -0.3 is 28.8 Å². The molecule has 0 aliphatic carbocycles. The summed E-state index contributed by atoms with van der Waals surface area (Å²) in [5, 5.41) is 10.7. The Morgan fingerprint density at radius 3 is 2.65 bits per heavy atom. The molecule has 3 aromatic rings. The fourth-order valence-electron chi connectivity index (χ4n) is 6.13. The van der Waals surface area contributed by atoms with Crippen molar-refractivity contribution >= 4 is 51.4 Å². The maximum atomic E-state index is 12.0. The second kappa shape index (κ2) is 9.79. The Balaban J connectivity index is 1.37. The maximum Gasteiger partial charge on any atom is 0.177 e. The normalized spacial score (nSPS) is 28.2. The molecule has 0 saturated carbocycles. The van der Waals surface area contributed by atoms with Crippen molar-refractivity contribution in [3.05, 3.63) is 22.0 Å². The summed E-state index contributed by atoms with van der Waals surface area (Å²) in [4.78, 5) is 21.8. The SMILES string of the molecule is O=C[C@@H]1COCCN1c1cc(N2C3CCC2COC3)nc2c1c(I)nn2-c1ccn(C2CCCCO2)n1. The van der Waals surface area contributed by atoms with Crippen molar-refractivity contribution in [3.63, 3.8) is 0 Å². The molecule has 3 unspecified atom stereocenters. The van der Waals surface area contributed by atoms with E-state index in [4.69, 9.17) is 29.4 Å². The monoisotopic (exact) mass is 619 g/mol. The van der Waals surface area contributed by atoms with E-state index in [2.05, 4.69) is 38.5 Å². The van der Waals surface area contributed by atoms with E-state index in [1.807, 2.05) is 21.6 Å². The van der Waals surface area contributed by atoms with Crippen molar-refractivity contribution in [2.45, 2.75) is 56.5 Å². The lowest BCUT2D eigenvalue weighted by Gasteiger charge is -2.38. The highest BCUT2D eigenvalue weighted by atomic mass is 127. The average Bonchev–Trinajstić information content (AvgIpc) is 3.63. The van der Waals surface area contributed by atoms with Crippen molar-refractivity contribution in [2.24, 2.45) is 0 Å². The van der Waals surface area contributed by atoms with Crippen molar-refractivity contribution in [3.8, 4) is 5.82 Å². The van der Waals surface area contributed by atoms with Crippen LogP contribution in [-0.4, -0.2) is 88.5 Å². The van der Waals surface area contributed by atoms with Gasteiger partial charge in [0.25, 0.3) is 0 Å². The van der Waals surface area contributed by atoms with Crippen LogP contribution in [0.3, 0.4) is 0 Å². The lowest BCUT2D eigenvalue weighted by atomic mass is 10.1. The fraction of sp³-hybridized carbons (Fsp3) is 0.600. The van der Waals surface area contributed by atoms with E-state index in [9.17, 15) is 4.79 Å². The second-order valence-electron chi connectivity index (χ2n) is 10.2. The van der Waals surface area contributed by atoms with E-state index in [1.54, 1.807) is 0 Å². The van der Waals surface area contributed by atoms with Gasteiger partial charge in [-0.3, -0.25) is 0 Å². The highest BCUT2D eigenvalue weighted by Gasteiger charge is 2.39. The first-order valence-electron chi connectivity index (χ1n) is 13.1. The summed E-state index contributed by atoms with van der Waals surface area (Å²) < 4.78 is 22.0. The van der Waals surface area contributed by atoms with Crippen LogP contribution in [0.1, 0.15) is 38.3 Å². The molecule has 7 heterocycles. The van der Waals surface area contributed by atoms with Gasteiger partial charge in [0.1, 0.15) is 28.1 Å². The summed E-state index contributed by atoms with van der Waals surface area (Å²) in [6.07, 6.45) is 8.26. The fourth-order valence-corrected chi connectivity index (χ4v) is 6.86. The van der Waals surface area contributed by atoms with E-state index in [0.717, 1.165) is 71.2 Å². The molecule has 11 nitrogen and oxygen atoms in total. The summed E-state index contributed by atoms with van der Waals surface area (Å²) in [6.45, 7) is 3.76. The number of rotatable bonds is 5. The summed E-state index contributed by atoms with van der Waals surface area (Å²) in [5.41, 5.74) is 1.71. The number of aldehydes is 1. The summed E-state index contributed by atoms with van der Waals surface area (Å²) in [6, 6.07) is 4.37. The second-order valence-corrected chi connectivity index (χ2v) is 11.2. The van der Waals surface area contributed by atoms with Crippen LogP contribution in [0.2, 0.25) is 0 Å². The predicted molar refractivity (Wildman–Crippen MR) is 144 cm³/mol. The predicted octanol–water partition coefficient (Wildman–Crippen LogP) is 2.69. The van der Waals surface area contributed by atoms with Gasteiger partial charge in [0.2, 0.25) is 0 Å². The first-order valence-corrected chi connectivity index (χ1v) is 14.2. The summed E-state index contributed by atoms with van der Waals surface area (Å²) in [7, 11) is 0. The van der Waals surface area contributed by atoms with Crippen LogP contribution in [0.5, 0.6) is 0 Å². The summed E-state index contributed by atoms with van der Waals surface area (Å²) in [5.74, 6) is 1.61. The number of nitrogens with zero attached hydrogens (tertiary/aromatic N) is 7. The van der Waals surface area contributed by atoms with Crippen LogP contribution >= 0.6 is 22.6 Å². The van der Waals surface area contributed by atoms with Crippen molar-refractivity contribution in [1.29, 1.82) is 0 Å². The third kappa shape index (κ3) is 4.12. The number of hydrogen-bond donors (Lipinski definition) is 0.